The van der Waals surface area contributed by atoms with E-state index in [1.807, 2.05) is 34.0 Å². The van der Waals surface area contributed by atoms with Crippen LogP contribution in [0.2, 0.25) is 0 Å². The lowest BCUT2D eigenvalue weighted by molar-refractivity contribution is -0.149. The summed E-state index contributed by atoms with van der Waals surface area (Å²) in [6.07, 6.45) is 3.96. The highest BCUT2D eigenvalue weighted by Crippen LogP contribution is 2.20. The first-order valence-corrected chi connectivity index (χ1v) is 18.7. The van der Waals surface area contributed by atoms with Gasteiger partial charge in [0, 0.05) is 13.1 Å². The topological polar surface area (TPSA) is 291 Å². The van der Waals surface area contributed by atoms with E-state index in [1.165, 1.54) is 16.7 Å². The molecule has 1 rings (SSSR count). The third kappa shape index (κ3) is 17.6. The van der Waals surface area contributed by atoms with Crippen LogP contribution >= 0.6 is 11.8 Å². The molecule has 1 heterocycles. The number of aliphatic carboxylic acids is 1. The number of carbonyl (C=O) groups is 7. The molecule has 1 aliphatic heterocycles. The zero-order valence-electron chi connectivity index (χ0n) is 30.3. The standard InChI is InChI=1S/C32H58N10O8S/c1-18(2)14-20(33)27(45)37-16-25(43)39-21(8-6-11-36-32(34)35)29(47)41-22(10-13-51-5)28(46)38-17-26(44)40-23(15-19(3)4)30(48)42-12-7-9-24(42)31(49)50/h18-24H,6-17,33H2,1-5H3,(H,37,45)(H,38,46)(H,39,43)(H,40,44)(H,41,47)(H,49,50)(H4,34,35,36)/t20-,21-,22-,23-,24-/m0/s1. The van der Waals surface area contributed by atoms with Gasteiger partial charge in [-0.3, -0.25) is 34.2 Å². The highest BCUT2D eigenvalue weighted by molar-refractivity contribution is 7.98. The normalized spacial score (nSPS) is 16.4. The summed E-state index contributed by atoms with van der Waals surface area (Å²) >= 11 is 1.43. The summed E-state index contributed by atoms with van der Waals surface area (Å²) < 4.78 is 0. The Kier molecular flexibility index (Phi) is 20.6. The molecular formula is C32H58N10O8S. The molecule has 0 radical (unpaired) electrons. The molecule has 19 heteroatoms. The lowest BCUT2D eigenvalue weighted by Gasteiger charge is -2.28. The van der Waals surface area contributed by atoms with Crippen molar-refractivity contribution in [2.75, 3.05) is 38.2 Å². The van der Waals surface area contributed by atoms with E-state index in [9.17, 15) is 38.7 Å². The van der Waals surface area contributed by atoms with Crippen LogP contribution in [0, 0.1) is 17.2 Å². The molecule has 1 fully saturated rings. The molecule has 0 saturated carbocycles. The molecule has 0 unspecified atom stereocenters. The number of carboxylic acid groups (broad SMARTS) is 1. The van der Waals surface area contributed by atoms with Crippen LogP contribution in [0.15, 0.2) is 0 Å². The molecule has 1 aliphatic rings. The van der Waals surface area contributed by atoms with Crippen LogP contribution in [0.25, 0.3) is 0 Å². The number of carboxylic acids is 1. The maximum atomic E-state index is 13.4. The fourth-order valence-corrected chi connectivity index (χ4v) is 5.92. The molecule has 0 bridgehead atoms. The number of nitrogens with two attached hydrogens (primary N) is 2. The maximum absolute atomic E-state index is 13.4. The van der Waals surface area contributed by atoms with Crippen molar-refractivity contribution in [1.82, 2.24) is 36.8 Å². The van der Waals surface area contributed by atoms with Crippen LogP contribution in [-0.4, -0.2) is 126 Å². The number of nitrogens with zero attached hydrogens (tertiary/aromatic N) is 1. The minimum absolute atomic E-state index is 0.00346. The average Bonchev–Trinajstić information content (AvgIpc) is 3.55. The van der Waals surface area contributed by atoms with Crippen molar-refractivity contribution < 1.29 is 38.7 Å². The van der Waals surface area contributed by atoms with E-state index in [0.717, 1.165) is 0 Å². The molecule has 12 N–H and O–H groups in total. The van der Waals surface area contributed by atoms with Crippen LogP contribution in [0.1, 0.15) is 72.6 Å². The van der Waals surface area contributed by atoms with Gasteiger partial charge in [-0.15, -0.1) is 0 Å². The summed E-state index contributed by atoms with van der Waals surface area (Å²) in [5, 5.41) is 32.3. The number of hydrogen-bond donors (Lipinski definition) is 10. The van der Waals surface area contributed by atoms with Crippen LogP contribution in [-0.2, 0) is 33.6 Å². The van der Waals surface area contributed by atoms with Gasteiger partial charge in [-0.2, -0.15) is 11.8 Å². The summed E-state index contributed by atoms with van der Waals surface area (Å²) in [5.74, 6) is -4.41. The van der Waals surface area contributed by atoms with Gasteiger partial charge in [0.2, 0.25) is 35.4 Å². The van der Waals surface area contributed by atoms with Gasteiger partial charge in [0.05, 0.1) is 19.1 Å². The van der Waals surface area contributed by atoms with E-state index in [2.05, 4.69) is 31.9 Å². The number of guanidine groups is 1. The van der Waals surface area contributed by atoms with Gasteiger partial charge in [0.1, 0.15) is 24.2 Å². The summed E-state index contributed by atoms with van der Waals surface area (Å²) in [7, 11) is 0. The van der Waals surface area contributed by atoms with E-state index in [0.29, 0.717) is 31.4 Å². The van der Waals surface area contributed by atoms with Gasteiger partial charge < -0.3 is 53.4 Å². The fourth-order valence-electron chi connectivity index (χ4n) is 5.45. The molecule has 6 amide bonds. The molecule has 0 aliphatic carbocycles. The molecule has 1 saturated heterocycles. The third-order valence-electron chi connectivity index (χ3n) is 7.95. The van der Waals surface area contributed by atoms with E-state index >= 15 is 0 Å². The van der Waals surface area contributed by atoms with E-state index < -0.39 is 84.7 Å². The minimum Gasteiger partial charge on any atom is -0.480 e. The van der Waals surface area contributed by atoms with Crippen LogP contribution in [0.4, 0.5) is 0 Å². The Labute approximate surface area is 304 Å². The first kappa shape index (κ1) is 44.9. The second-order valence-electron chi connectivity index (χ2n) is 13.4. The molecular weight excluding hydrogens is 684 g/mol. The van der Waals surface area contributed by atoms with Crippen molar-refractivity contribution in [3.63, 3.8) is 0 Å². The maximum Gasteiger partial charge on any atom is 0.326 e. The molecule has 0 aromatic heterocycles. The number of carbonyl (C=O) groups excluding carboxylic acids is 6. The Bertz CT molecular complexity index is 1220. The monoisotopic (exact) mass is 742 g/mol. The average molecular weight is 743 g/mol. The molecule has 0 aromatic rings. The number of thioether (sulfide) groups is 1. The van der Waals surface area contributed by atoms with Crippen molar-refractivity contribution >= 4 is 59.1 Å². The van der Waals surface area contributed by atoms with Crippen LogP contribution in [0.3, 0.4) is 0 Å². The number of hydrogen-bond acceptors (Lipinski definition) is 10. The van der Waals surface area contributed by atoms with E-state index in [-0.39, 0.29) is 50.1 Å². The van der Waals surface area contributed by atoms with Gasteiger partial charge in [0.25, 0.3) is 0 Å². The molecule has 5 atom stereocenters. The highest BCUT2D eigenvalue weighted by Gasteiger charge is 2.38. The van der Waals surface area contributed by atoms with Crippen molar-refractivity contribution in [2.45, 2.75) is 103 Å². The Morgan fingerprint density at radius 1 is 0.824 bits per heavy atom. The largest absolute Gasteiger partial charge is 0.480 e. The summed E-state index contributed by atoms with van der Waals surface area (Å²) in [5.41, 5.74) is 11.2. The first-order valence-electron chi connectivity index (χ1n) is 17.3. The first-order chi connectivity index (χ1) is 24.0. The zero-order chi connectivity index (χ0) is 38.7. The smallest absolute Gasteiger partial charge is 0.326 e. The quantitative estimate of drug-likeness (QED) is 0.0315. The second-order valence-corrected chi connectivity index (χ2v) is 14.4. The predicted octanol–water partition coefficient (Wildman–Crippen LogP) is -1.82. The van der Waals surface area contributed by atoms with E-state index in [1.54, 1.807) is 0 Å². The Morgan fingerprint density at radius 2 is 1.39 bits per heavy atom. The zero-order valence-corrected chi connectivity index (χ0v) is 31.2. The molecule has 0 spiro atoms. The lowest BCUT2D eigenvalue weighted by atomic mass is 10.0. The minimum atomic E-state index is -1.12. The van der Waals surface area contributed by atoms with Crippen LogP contribution in [0.5, 0.6) is 0 Å². The Morgan fingerprint density at radius 3 is 1.94 bits per heavy atom. The number of likely N-dealkylation sites (tertiary alicyclic amines) is 1. The number of amides is 6. The second kappa shape index (κ2) is 23.4. The lowest BCUT2D eigenvalue weighted by Crippen LogP contribution is -2.56. The highest BCUT2D eigenvalue weighted by atomic mass is 32.2. The molecule has 290 valence electrons. The summed E-state index contributed by atoms with van der Waals surface area (Å²) in [6.45, 7) is 7.10. The van der Waals surface area contributed by atoms with Gasteiger partial charge in [-0.25, -0.2) is 4.79 Å². The third-order valence-corrected chi connectivity index (χ3v) is 8.59. The number of rotatable bonds is 23. The predicted molar refractivity (Wildman–Crippen MR) is 193 cm³/mol. The Hall–Kier alpha value is -4.13. The molecule has 18 nitrogen and oxygen atoms in total. The number of nitrogens with one attached hydrogen (secondary N) is 7. The van der Waals surface area contributed by atoms with Crippen LogP contribution < -0.4 is 43.4 Å². The van der Waals surface area contributed by atoms with Crippen molar-refractivity contribution in [1.29, 1.82) is 5.41 Å². The van der Waals surface area contributed by atoms with E-state index in [4.69, 9.17) is 16.9 Å². The summed E-state index contributed by atoms with van der Waals surface area (Å²) in [4.78, 5) is 90.9. The van der Waals surface area contributed by atoms with Gasteiger partial charge in [-0.05, 0) is 68.8 Å². The van der Waals surface area contributed by atoms with Crippen molar-refractivity contribution in [3.05, 3.63) is 0 Å². The van der Waals surface area contributed by atoms with Crippen molar-refractivity contribution in [3.8, 4) is 0 Å². The summed E-state index contributed by atoms with van der Waals surface area (Å²) in [6, 6.07) is -4.96. The molecule has 0 aromatic carbocycles. The van der Waals surface area contributed by atoms with Gasteiger partial charge >= 0.3 is 5.97 Å². The molecule has 51 heavy (non-hydrogen) atoms. The fraction of sp³-hybridized carbons (Fsp3) is 0.750. The van der Waals surface area contributed by atoms with Gasteiger partial charge in [-0.1, -0.05) is 27.7 Å². The van der Waals surface area contributed by atoms with Crippen molar-refractivity contribution in [2.24, 2.45) is 23.3 Å². The van der Waals surface area contributed by atoms with Gasteiger partial charge in [0.15, 0.2) is 5.96 Å². The SMILES string of the molecule is CSCC[C@H](NC(=O)[C@H](CCCNC(=N)N)NC(=O)CNC(=O)[C@@H](N)CC(C)C)C(=O)NCC(=O)N[C@@H](CC(C)C)C(=O)N1CCC[C@H]1C(=O)O. The Balaban J connectivity index is 2.95.